The van der Waals surface area contributed by atoms with Crippen LogP contribution in [0.25, 0.3) is 0 Å². The van der Waals surface area contributed by atoms with E-state index in [9.17, 15) is 0 Å². The van der Waals surface area contributed by atoms with E-state index in [0.717, 1.165) is 28.9 Å². The van der Waals surface area contributed by atoms with Crippen molar-refractivity contribution < 1.29 is 0 Å². The Bertz CT molecular complexity index is 208. The highest BCUT2D eigenvalue weighted by atomic mass is 32.2. The van der Waals surface area contributed by atoms with Gasteiger partial charge in [-0.1, -0.05) is 34.6 Å². The summed E-state index contributed by atoms with van der Waals surface area (Å²) in [5.74, 6) is 3.73. The summed E-state index contributed by atoms with van der Waals surface area (Å²) in [7, 11) is 0. The van der Waals surface area contributed by atoms with Crippen molar-refractivity contribution in [3.05, 3.63) is 0 Å². The minimum Gasteiger partial charge on any atom is -0.151 e. The molecule has 2 aliphatic rings. The molecule has 1 spiro atoms. The third kappa shape index (κ3) is 1.43. The molecular weight excluding hydrogens is 188 g/mol. The molecule has 0 amide bonds. The fourth-order valence-corrected chi connectivity index (χ4v) is 5.78. The summed E-state index contributed by atoms with van der Waals surface area (Å²) >= 11 is 2.30. The van der Waals surface area contributed by atoms with Gasteiger partial charge < -0.3 is 0 Å². The van der Waals surface area contributed by atoms with E-state index in [2.05, 4.69) is 46.4 Å². The largest absolute Gasteiger partial charge is 0.151 e. The minimum absolute atomic E-state index is 0.650. The van der Waals surface area contributed by atoms with Crippen LogP contribution in [0.3, 0.4) is 0 Å². The van der Waals surface area contributed by atoms with Gasteiger partial charge in [0.2, 0.25) is 0 Å². The molecule has 1 saturated carbocycles. The summed E-state index contributed by atoms with van der Waals surface area (Å²) in [5, 5.41) is 0.884. The zero-order valence-electron chi connectivity index (χ0n) is 10.2. The first-order valence-electron chi connectivity index (χ1n) is 6.14. The van der Waals surface area contributed by atoms with Crippen LogP contribution in [-0.2, 0) is 0 Å². The summed E-state index contributed by atoms with van der Waals surface area (Å²) in [6, 6.07) is 0. The van der Waals surface area contributed by atoms with E-state index in [1.165, 1.54) is 12.8 Å². The van der Waals surface area contributed by atoms with E-state index in [1.54, 1.807) is 0 Å². The van der Waals surface area contributed by atoms with Gasteiger partial charge >= 0.3 is 0 Å². The predicted octanol–water partition coefficient (Wildman–Crippen LogP) is 4.20. The van der Waals surface area contributed by atoms with Crippen LogP contribution in [0.1, 0.15) is 47.5 Å². The van der Waals surface area contributed by atoms with Gasteiger partial charge in [0.25, 0.3) is 0 Å². The van der Waals surface area contributed by atoms with Crippen molar-refractivity contribution >= 4 is 11.8 Å². The lowest BCUT2D eigenvalue weighted by Crippen LogP contribution is -2.26. The summed E-state index contributed by atoms with van der Waals surface area (Å²) in [6.45, 7) is 12.3. The van der Waals surface area contributed by atoms with Crippen LogP contribution in [0.15, 0.2) is 0 Å². The molecule has 1 aliphatic heterocycles. The Morgan fingerprint density at radius 3 is 1.86 bits per heavy atom. The zero-order valence-corrected chi connectivity index (χ0v) is 11.0. The standard InChI is InChI=1S/C13H24S/c1-8-6-13(11(4)10(8)3)7-9(2)12(5)14-13/h8-12H,6-7H2,1-5H3. The second-order valence-corrected chi connectivity index (χ2v) is 7.69. The van der Waals surface area contributed by atoms with Crippen LogP contribution in [-0.4, -0.2) is 10.00 Å². The highest BCUT2D eigenvalue weighted by Crippen LogP contribution is 2.60. The maximum absolute atomic E-state index is 2.49. The second-order valence-electron chi connectivity index (χ2n) is 5.90. The van der Waals surface area contributed by atoms with E-state index in [4.69, 9.17) is 0 Å². The Morgan fingerprint density at radius 2 is 1.50 bits per heavy atom. The van der Waals surface area contributed by atoms with Gasteiger partial charge in [-0.15, -0.1) is 0 Å². The van der Waals surface area contributed by atoms with Gasteiger partial charge in [-0.05, 0) is 36.5 Å². The van der Waals surface area contributed by atoms with E-state index < -0.39 is 0 Å². The van der Waals surface area contributed by atoms with Crippen molar-refractivity contribution in [2.45, 2.75) is 57.5 Å². The van der Waals surface area contributed by atoms with Crippen LogP contribution in [0.2, 0.25) is 0 Å². The molecule has 1 heteroatoms. The SMILES string of the molecule is CC1CC2(CC(C)C(C)C2C)SC1C. The van der Waals surface area contributed by atoms with Crippen LogP contribution in [0.4, 0.5) is 0 Å². The second kappa shape index (κ2) is 3.43. The third-order valence-corrected chi connectivity index (χ3v) is 7.08. The maximum atomic E-state index is 2.49. The molecule has 2 rings (SSSR count). The number of rotatable bonds is 0. The zero-order chi connectivity index (χ0) is 10.5. The van der Waals surface area contributed by atoms with Crippen LogP contribution < -0.4 is 0 Å². The highest BCUT2D eigenvalue weighted by molar-refractivity contribution is 8.01. The average molecular weight is 212 g/mol. The van der Waals surface area contributed by atoms with Crippen LogP contribution >= 0.6 is 11.8 Å². The minimum atomic E-state index is 0.650. The number of hydrogen-bond donors (Lipinski definition) is 0. The van der Waals surface area contributed by atoms with Gasteiger partial charge in [-0.2, -0.15) is 11.8 Å². The summed E-state index contributed by atoms with van der Waals surface area (Å²) in [5.41, 5.74) is 0. The van der Waals surface area contributed by atoms with E-state index in [-0.39, 0.29) is 0 Å². The Balaban J connectivity index is 2.19. The van der Waals surface area contributed by atoms with Crippen LogP contribution in [0.5, 0.6) is 0 Å². The van der Waals surface area contributed by atoms with Gasteiger partial charge in [0.1, 0.15) is 0 Å². The molecule has 0 N–H and O–H groups in total. The molecule has 0 radical (unpaired) electrons. The van der Waals surface area contributed by atoms with Crippen molar-refractivity contribution in [3.63, 3.8) is 0 Å². The molecule has 1 saturated heterocycles. The fourth-order valence-electron chi connectivity index (χ4n) is 3.56. The average Bonchev–Trinajstić information content (AvgIpc) is 2.49. The predicted molar refractivity (Wildman–Crippen MR) is 65.7 cm³/mol. The van der Waals surface area contributed by atoms with Crippen LogP contribution in [0, 0.1) is 23.7 Å². The van der Waals surface area contributed by atoms with Gasteiger partial charge in [0.05, 0.1) is 0 Å². The number of hydrogen-bond acceptors (Lipinski definition) is 1. The Hall–Kier alpha value is 0.350. The smallest absolute Gasteiger partial charge is 0.0196 e. The molecule has 0 aromatic rings. The normalized spacial score (nSPS) is 58.5. The molecule has 0 nitrogen and oxygen atoms in total. The third-order valence-electron chi connectivity index (χ3n) is 5.07. The van der Waals surface area contributed by atoms with Gasteiger partial charge in [0.15, 0.2) is 0 Å². The van der Waals surface area contributed by atoms with Gasteiger partial charge in [-0.25, -0.2) is 0 Å². The lowest BCUT2D eigenvalue weighted by molar-refractivity contribution is 0.339. The Kier molecular flexibility index (Phi) is 2.66. The lowest BCUT2D eigenvalue weighted by Gasteiger charge is -2.29. The molecule has 0 aromatic heterocycles. The molecule has 2 fully saturated rings. The van der Waals surface area contributed by atoms with Crippen molar-refractivity contribution in [3.8, 4) is 0 Å². The monoisotopic (exact) mass is 212 g/mol. The number of thioether (sulfide) groups is 1. The molecule has 6 atom stereocenters. The van der Waals surface area contributed by atoms with E-state index >= 15 is 0 Å². The Morgan fingerprint density at radius 1 is 0.929 bits per heavy atom. The quantitative estimate of drug-likeness (QED) is 0.580. The lowest BCUT2D eigenvalue weighted by atomic mass is 9.85. The van der Waals surface area contributed by atoms with Crippen molar-refractivity contribution in [1.29, 1.82) is 0 Å². The summed E-state index contributed by atoms with van der Waals surface area (Å²) < 4.78 is 0.650. The topological polar surface area (TPSA) is 0 Å². The molecule has 14 heavy (non-hydrogen) atoms. The summed E-state index contributed by atoms with van der Waals surface area (Å²) in [4.78, 5) is 0. The highest BCUT2D eigenvalue weighted by Gasteiger charge is 2.53. The molecule has 82 valence electrons. The molecule has 1 heterocycles. The Labute approximate surface area is 93.2 Å². The maximum Gasteiger partial charge on any atom is 0.0196 e. The van der Waals surface area contributed by atoms with Gasteiger partial charge in [0, 0.05) is 10.00 Å². The van der Waals surface area contributed by atoms with Gasteiger partial charge in [-0.3, -0.25) is 0 Å². The molecule has 6 unspecified atom stereocenters. The first-order chi connectivity index (χ1) is 6.46. The fraction of sp³-hybridized carbons (Fsp3) is 1.00. The summed E-state index contributed by atoms with van der Waals surface area (Å²) in [6.07, 6.45) is 2.93. The molecule has 1 aliphatic carbocycles. The van der Waals surface area contributed by atoms with Crippen molar-refractivity contribution in [2.75, 3.05) is 0 Å². The first-order valence-corrected chi connectivity index (χ1v) is 7.02. The molecule has 0 aromatic carbocycles. The van der Waals surface area contributed by atoms with E-state index in [0.29, 0.717) is 4.75 Å². The first kappa shape index (κ1) is 10.9. The molecular formula is C13H24S. The van der Waals surface area contributed by atoms with Crippen molar-refractivity contribution in [2.24, 2.45) is 23.7 Å². The van der Waals surface area contributed by atoms with Crippen molar-refractivity contribution in [1.82, 2.24) is 0 Å². The molecule has 0 bridgehead atoms. The van der Waals surface area contributed by atoms with E-state index in [1.807, 2.05) is 0 Å².